The Labute approximate surface area is 111 Å². The lowest BCUT2D eigenvalue weighted by molar-refractivity contribution is 0.980. The van der Waals surface area contributed by atoms with Crippen molar-refractivity contribution in [3.05, 3.63) is 29.5 Å². The number of nitrogens with two attached hydrogens (primary N) is 1. The predicted molar refractivity (Wildman–Crippen MR) is 72.7 cm³/mol. The van der Waals surface area contributed by atoms with Crippen molar-refractivity contribution in [2.75, 3.05) is 5.73 Å². The predicted octanol–water partition coefficient (Wildman–Crippen LogP) is 2.52. The molecule has 0 fully saturated rings. The third kappa shape index (κ3) is 2.14. The van der Waals surface area contributed by atoms with Gasteiger partial charge >= 0.3 is 0 Å². The van der Waals surface area contributed by atoms with E-state index in [9.17, 15) is 0 Å². The molecule has 0 spiro atoms. The maximum absolute atomic E-state index is 5.74. The maximum Gasteiger partial charge on any atom is 0.180 e. The molecule has 0 bridgehead atoms. The van der Waals surface area contributed by atoms with Crippen molar-refractivity contribution < 1.29 is 0 Å². The molecule has 3 rings (SSSR count). The summed E-state index contributed by atoms with van der Waals surface area (Å²) >= 11 is 3.05. The smallest absolute Gasteiger partial charge is 0.180 e. The molecule has 90 valence electrons. The molecule has 0 aliphatic carbocycles. The third-order valence-electron chi connectivity index (χ3n) is 2.32. The Morgan fingerprint density at radius 3 is 2.89 bits per heavy atom. The van der Waals surface area contributed by atoms with E-state index in [0.29, 0.717) is 5.69 Å². The van der Waals surface area contributed by atoms with Crippen molar-refractivity contribution in [3.8, 4) is 0 Å². The van der Waals surface area contributed by atoms with Gasteiger partial charge in [0.2, 0.25) is 0 Å². The lowest BCUT2D eigenvalue weighted by atomic mass is 10.2. The second-order valence-electron chi connectivity index (χ2n) is 3.64. The van der Waals surface area contributed by atoms with Gasteiger partial charge in [-0.1, -0.05) is 11.3 Å². The van der Waals surface area contributed by atoms with Crippen LogP contribution in [0.15, 0.2) is 33.9 Å². The van der Waals surface area contributed by atoms with Gasteiger partial charge in [-0.25, -0.2) is 9.97 Å². The van der Waals surface area contributed by atoms with Gasteiger partial charge in [0, 0.05) is 11.1 Å². The summed E-state index contributed by atoms with van der Waals surface area (Å²) in [7, 11) is 0. The van der Waals surface area contributed by atoms with Crippen LogP contribution in [0.25, 0.3) is 10.9 Å². The molecule has 0 aliphatic heterocycles. The van der Waals surface area contributed by atoms with Crippen molar-refractivity contribution in [2.45, 2.75) is 16.3 Å². The van der Waals surface area contributed by atoms with Crippen LogP contribution in [0.1, 0.15) is 5.01 Å². The number of aryl methyl sites for hydroxylation is 1. The van der Waals surface area contributed by atoms with Crippen molar-refractivity contribution in [3.63, 3.8) is 0 Å². The van der Waals surface area contributed by atoms with E-state index in [4.69, 9.17) is 5.73 Å². The molecule has 2 N–H and O–H groups in total. The van der Waals surface area contributed by atoms with Crippen molar-refractivity contribution in [1.29, 1.82) is 0 Å². The number of fused-ring (bicyclic) bond motifs is 1. The minimum atomic E-state index is 0.698. The summed E-state index contributed by atoms with van der Waals surface area (Å²) < 4.78 is 0.879. The number of benzene rings is 1. The number of aromatic nitrogens is 4. The van der Waals surface area contributed by atoms with Gasteiger partial charge in [0.25, 0.3) is 0 Å². The van der Waals surface area contributed by atoms with Gasteiger partial charge in [0.1, 0.15) is 16.4 Å². The van der Waals surface area contributed by atoms with Gasteiger partial charge in [-0.3, -0.25) is 0 Å². The van der Waals surface area contributed by atoms with Gasteiger partial charge in [0.05, 0.1) is 5.52 Å². The van der Waals surface area contributed by atoms with E-state index in [-0.39, 0.29) is 0 Å². The Morgan fingerprint density at radius 1 is 1.22 bits per heavy atom. The highest BCUT2D eigenvalue weighted by Crippen LogP contribution is 2.32. The summed E-state index contributed by atoms with van der Waals surface area (Å²) in [5.41, 5.74) is 7.28. The first-order valence-corrected chi connectivity index (χ1v) is 6.84. The van der Waals surface area contributed by atoms with E-state index in [1.165, 1.54) is 18.1 Å². The number of rotatable bonds is 2. The largest absolute Gasteiger partial charge is 0.399 e. The molecule has 1 aromatic carbocycles. The highest BCUT2D eigenvalue weighted by atomic mass is 32.2. The van der Waals surface area contributed by atoms with Crippen LogP contribution in [0.2, 0.25) is 0 Å². The Kier molecular flexibility index (Phi) is 2.85. The zero-order chi connectivity index (χ0) is 12.5. The standard InChI is InChI=1S/C11H9N5S2/c1-6-15-16-11(17-6)18-10-8-3-2-7(12)4-9(8)13-5-14-10/h2-5H,12H2,1H3. The Balaban J connectivity index is 2.06. The van der Waals surface area contributed by atoms with Gasteiger partial charge in [-0.2, -0.15) is 0 Å². The van der Waals surface area contributed by atoms with E-state index in [2.05, 4.69) is 20.2 Å². The molecule has 0 unspecified atom stereocenters. The Morgan fingerprint density at radius 2 is 2.11 bits per heavy atom. The lowest BCUT2D eigenvalue weighted by Gasteiger charge is -2.02. The van der Waals surface area contributed by atoms with Crippen LogP contribution in [0.3, 0.4) is 0 Å². The summed E-state index contributed by atoms with van der Waals surface area (Å²) in [6.07, 6.45) is 1.54. The molecule has 5 nitrogen and oxygen atoms in total. The topological polar surface area (TPSA) is 77.6 Å². The van der Waals surface area contributed by atoms with E-state index < -0.39 is 0 Å². The van der Waals surface area contributed by atoms with E-state index in [0.717, 1.165) is 25.3 Å². The van der Waals surface area contributed by atoms with Crippen LogP contribution in [-0.2, 0) is 0 Å². The van der Waals surface area contributed by atoms with Crippen molar-refractivity contribution >= 4 is 39.7 Å². The molecule has 0 atom stereocenters. The lowest BCUT2D eigenvalue weighted by Crippen LogP contribution is -1.89. The van der Waals surface area contributed by atoms with Crippen LogP contribution in [0.5, 0.6) is 0 Å². The molecule has 0 saturated heterocycles. The fourth-order valence-electron chi connectivity index (χ4n) is 1.53. The van der Waals surface area contributed by atoms with Crippen LogP contribution in [0, 0.1) is 6.92 Å². The molecule has 7 heteroatoms. The van der Waals surface area contributed by atoms with E-state index in [1.807, 2.05) is 25.1 Å². The number of hydrogen-bond acceptors (Lipinski definition) is 7. The first-order valence-electron chi connectivity index (χ1n) is 5.20. The highest BCUT2D eigenvalue weighted by molar-refractivity contribution is 8.01. The molecular formula is C11H9N5S2. The number of nitrogen functional groups attached to an aromatic ring is 1. The SMILES string of the molecule is Cc1nnc(Sc2ncnc3cc(N)ccc23)s1. The third-order valence-corrected chi connectivity index (χ3v) is 4.22. The quantitative estimate of drug-likeness (QED) is 0.572. The number of nitrogens with zero attached hydrogens (tertiary/aromatic N) is 4. The summed E-state index contributed by atoms with van der Waals surface area (Å²) in [5.74, 6) is 0. The number of anilines is 1. The van der Waals surface area contributed by atoms with Gasteiger partial charge < -0.3 is 5.73 Å². The van der Waals surface area contributed by atoms with Crippen LogP contribution in [-0.4, -0.2) is 20.2 Å². The Bertz CT molecular complexity index is 709. The van der Waals surface area contributed by atoms with Crippen LogP contribution in [0.4, 0.5) is 5.69 Å². The molecule has 0 aliphatic rings. The first kappa shape index (κ1) is 11.4. The maximum atomic E-state index is 5.74. The van der Waals surface area contributed by atoms with Crippen LogP contribution < -0.4 is 5.73 Å². The molecule has 0 amide bonds. The molecule has 2 aromatic heterocycles. The van der Waals surface area contributed by atoms with Crippen LogP contribution >= 0.6 is 23.1 Å². The summed E-state index contributed by atoms with van der Waals surface area (Å²) in [5, 5.41) is 10.9. The first-order chi connectivity index (χ1) is 8.72. The van der Waals surface area contributed by atoms with E-state index >= 15 is 0 Å². The molecule has 0 radical (unpaired) electrons. The number of hydrogen-bond donors (Lipinski definition) is 1. The average Bonchev–Trinajstić information content (AvgIpc) is 2.75. The second-order valence-corrected chi connectivity index (χ2v) is 6.06. The summed E-state index contributed by atoms with van der Waals surface area (Å²) in [4.78, 5) is 8.50. The highest BCUT2D eigenvalue weighted by Gasteiger charge is 2.09. The van der Waals surface area contributed by atoms with E-state index in [1.54, 1.807) is 11.3 Å². The molecule has 3 aromatic rings. The summed E-state index contributed by atoms with van der Waals surface area (Å²) in [6, 6.07) is 5.62. The molecule has 0 saturated carbocycles. The fraction of sp³-hybridized carbons (Fsp3) is 0.0909. The van der Waals surface area contributed by atoms with Crippen molar-refractivity contribution in [1.82, 2.24) is 20.2 Å². The van der Waals surface area contributed by atoms with Crippen molar-refractivity contribution in [2.24, 2.45) is 0 Å². The monoisotopic (exact) mass is 275 g/mol. The minimum absolute atomic E-state index is 0.698. The zero-order valence-electron chi connectivity index (χ0n) is 9.49. The molecular weight excluding hydrogens is 266 g/mol. The second kappa shape index (κ2) is 4.51. The van der Waals surface area contributed by atoms with Gasteiger partial charge in [-0.05, 0) is 36.9 Å². The zero-order valence-corrected chi connectivity index (χ0v) is 11.1. The molecule has 18 heavy (non-hydrogen) atoms. The van der Waals surface area contributed by atoms with Gasteiger partial charge in [0.15, 0.2) is 4.34 Å². The minimum Gasteiger partial charge on any atom is -0.399 e. The molecule has 2 heterocycles. The summed E-state index contributed by atoms with van der Waals surface area (Å²) in [6.45, 7) is 1.93. The Hall–Kier alpha value is -1.73. The fourth-order valence-corrected chi connectivity index (χ4v) is 3.34. The normalized spacial score (nSPS) is 10.9. The van der Waals surface area contributed by atoms with Gasteiger partial charge in [-0.15, -0.1) is 10.2 Å². The average molecular weight is 275 g/mol.